The van der Waals surface area contributed by atoms with Gasteiger partial charge in [-0.2, -0.15) is 0 Å². The molecule has 2 aliphatic rings. The molecule has 1 fully saturated rings. The molecule has 0 spiro atoms. The molecule has 1 saturated heterocycles. The molecule has 1 aromatic carbocycles. The summed E-state index contributed by atoms with van der Waals surface area (Å²) in [5.74, 6) is 0.260. The number of hydrogen-bond acceptors (Lipinski definition) is 8. The lowest BCUT2D eigenvalue weighted by molar-refractivity contribution is -0.116. The molecule has 4 rings (SSSR count). The summed E-state index contributed by atoms with van der Waals surface area (Å²) >= 11 is 0. The summed E-state index contributed by atoms with van der Waals surface area (Å²) in [6.45, 7) is 5.42. The standard InChI is InChI=1S/C27H36N4O5/c1-30(2)27(34)21-8-5-9-22(26(21)33)29-25-23(16-24(25)32)28-17-20-15-19(18-36-20)7-3-4-10-31-11-6-13-35-14-12-31/h5,8-9,15,18,28-29,33H,3-4,6-7,10-14,16-17H2,1-2H3. The van der Waals surface area contributed by atoms with E-state index in [1.165, 1.54) is 10.5 Å². The highest BCUT2D eigenvalue weighted by molar-refractivity contribution is 6.07. The van der Waals surface area contributed by atoms with E-state index < -0.39 is 0 Å². The Morgan fingerprint density at radius 3 is 2.86 bits per heavy atom. The number of rotatable bonds is 11. The zero-order chi connectivity index (χ0) is 25.5. The van der Waals surface area contributed by atoms with Crippen molar-refractivity contribution in [3.63, 3.8) is 0 Å². The number of carbonyl (C=O) groups is 2. The molecule has 36 heavy (non-hydrogen) atoms. The monoisotopic (exact) mass is 496 g/mol. The Labute approximate surface area is 212 Å². The number of anilines is 1. The molecule has 194 valence electrons. The summed E-state index contributed by atoms with van der Waals surface area (Å²) in [5, 5.41) is 16.8. The number of phenolic OH excluding ortho intramolecular Hbond substituents is 1. The predicted octanol–water partition coefficient (Wildman–Crippen LogP) is 3.12. The van der Waals surface area contributed by atoms with E-state index in [1.807, 2.05) is 6.26 Å². The zero-order valence-corrected chi connectivity index (χ0v) is 21.1. The highest BCUT2D eigenvalue weighted by atomic mass is 16.5. The number of Topliss-reactive ketones (excluding diaryl/α,β-unsaturated/α-hetero) is 1. The van der Waals surface area contributed by atoms with Crippen LogP contribution in [-0.2, 0) is 22.5 Å². The summed E-state index contributed by atoms with van der Waals surface area (Å²) in [7, 11) is 3.24. The van der Waals surface area contributed by atoms with Gasteiger partial charge in [-0.15, -0.1) is 0 Å². The fourth-order valence-electron chi connectivity index (χ4n) is 4.42. The number of aryl methyl sites for hydroxylation is 1. The van der Waals surface area contributed by atoms with E-state index in [9.17, 15) is 14.7 Å². The maximum absolute atomic E-state index is 12.3. The van der Waals surface area contributed by atoms with Crippen LogP contribution < -0.4 is 10.6 Å². The Morgan fingerprint density at radius 2 is 2.06 bits per heavy atom. The van der Waals surface area contributed by atoms with Crippen molar-refractivity contribution >= 4 is 17.4 Å². The van der Waals surface area contributed by atoms with Crippen LogP contribution >= 0.6 is 0 Å². The molecule has 0 saturated carbocycles. The number of benzene rings is 1. The van der Waals surface area contributed by atoms with Crippen LogP contribution in [0.1, 0.15) is 47.4 Å². The van der Waals surface area contributed by atoms with Gasteiger partial charge in [0.2, 0.25) is 0 Å². The average molecular weight is 497 g/mol. The first-order valence-corrected chi connectivity index (χ1v) is 12.6. The topological polar surface area (TPSA) is 107 Å². The number of ketones is 1. The molecule has 2 aromatic rings. The Kier molecular flexibility index (Phi) is 8.66. The number of nitrogens with one attached hydrogen (secondary N) is 2. The Bertz CT molecular complexity index is 1100. The van der Waals surface area contributed by atoms with E-state index >= 15 is 0 Å². The van der Waals surface area contributed by atoms with Crippen molar-refractivity contribution in [3.05, 3.63) is 58.8 Å². The second-order valence-corrected chi connectivity index (χ2v) is 9.52. The van der Waals surface area contributed by atoms with Crippen molar-refractivity contribution in [2.75, 3.05) is 52.3 Å². The SMILES string of the molecule is CN(C)C(=O)c1cccc(NC2=C(NCc3cc(CCCCN4CCCOCC4)co3)CC2=O)c1O. The van der Waals surface area contributed by atoms with Gasteiger partial charge in [-0.1, -0.05) is 6.07 Å². The van der Waals surface area contributed by atoms with Crippen molar-refractivity contribution in [1.82, 2.24) is 15.1 Å². The lowest BCUT2D eigenvalue weighted by atomic mass is 9.98. The van der Waals surface area contributed by atoms with Crippen LogP contribution in [0.2, 0.25) is 0 Å². The predicted molar refractivity (Wildman–Crippen MR) is 137 cm³/mol. The second kappa shape index (κ2) is 12.1. The van der Waals surface area contributed by atoms with E-state index in [0.717, 1.165) is 70.0 Å². The third-order valence-electron chi connectivity index (χ3n) is 6.54. The molecule has 0 radical (unpaired) electrons. The van der Waals surface area contributed by atoms with Crippen LogP contribution in [-0.4, -0.2) is 73.5 Å². The molecule has 9 heteroatoms. The molecule has 1 aromatic heterocycles. The number of allylic oxidation sites excluding steroid dienone is 2. The van der Waals surface area contributed by atoms with Gasteiger partial charge in [0.15, 0.2) is 11.5 Å². The maximum atomic E-state index is 12.3. The van der Waals surface area contributed by atoms with Gasteiger partial charge in [0.1, 0.15) is 11.5 Å². The summed E-state index contributed by atoms with van der Waals surface area (Å²) in [4.78, 5) is 28.4. The van der Waals surface area contributed by atoms with Crippen molar-refractivity contribution < 1.29 is 23.8 Å². The number of hydrogen-bond donors (Lipinski definition) is 3. The second-order valence-electron chi connectivity index (χ2n) is 9.52. The highest BCUT2D eigenvalue weighted by Gasteiger charge is 2.28. The van der Waals surface area contributed by atoms with Gasteiger partial charge in [0.25, 0.3) is 5.91 Å². The first-order chi connectivity index (χ1) is 17.4. The van der Waals surface area contributed by atoms with Crippen LogP contribution in [0.5, 0.6) is 5.75 Å². The number of nitrogens with zero attached hydrogens (tertiary/aromatic N) is 2. The number of amides is 1. The minimum atomic E-state index is -0.311. The van der Waals surface area contributed by atoms with Crippen LogP contribution in [0.4, 0.5) is 5.69 Å². The minimum Gasteiger partial charge on any atom is -0.505 e. The lowest BCUT2D eigenvalue weighted by Gasteiger charge is -2.25. The van der Waals surface area contributed by atoms with Crippen molar-refractivity contribution in [2.24, 2.45) is 0 Å². The highest BCUT2D eigenvalue weighted by Crippen LogP contribution is 2.32. The van der Waals surface area contributed by atoms with E-state index in [4.69, 9.17) is 9.15 Å². The summed E-state index contributed by atoms with van der Waals surface area (Å²) in [5.41, 5.74) is 2.82. The van der Waals surface area contributed by atoms with E-state index in [2.05, 4.69) is 21.6 Å². The molecule has 3 N–H and O–H groups in total. The van der Waals surface area contributed by atoms with E-state index in [1.54, 1.807) is 32.3 Å². The summed E-state index contributed by atoms with van der Waals surface area (Å²) in [6.07, 6.45) is 6.44. The largest absolute Gasteiger partial charge is 0.505 e. The maximum Gasteiger partial charge on any atom is 0.257 e. The van der Waals surface area contributed by atoms with Crippen LogP contribution in [0.3, 0.4) is 0 Å². The number of para-hydroxylation sites is 1. The molecular weight excluding hydrogens is 460 g/mol. The molecule has 1 aliphatic heterocycles. The van der Waals surface area contributed by atoms with Gasteiger partial charge >= 0.3 is 0 Å². The molecule has 0 unspecified atom stereocenters. The van der Waals surface area contributed by atoms with Crippen LogP contribution in [0.15, 0.2) is 46.3 Å². The molecular formula is C27H36N4O5. The summed E-state index contributed by atoms with van der Waals surface area (Å²) in [6, 6.07) is 6.92. The van der Waals surface area contributed by atoms with Gasteiger partial charge < -0.3 is 34.7 Å². The number of ether oxygens (including phenoxy) is 1. The molecule has 1 aliphatic carbocycles. The summed E-state index contributed by atoms with van der Waals surface area (Å²) < 4.78 is 11.2. The van der Waals surface area contributed by atoms with E-state index in [-0.39, 0.29) is 29.4 Å². The van der Waals surface area contributed by atoms with Crippen molar-refractivity contribution in [1.29, 1.82) is 0 Å². The molecule has 9 nitrogen and oxygen atoms in total. The van der Waals surface area contributed by atoms with Crippen molar-refractivity contribution in [3.8, 4) is 5.75 Å². The lowest BCUT2D eigenvalue weighted by Crippen LogP contribution is -2.32. The van der Waals surface area contributed by atoms with E-state index in [0.29, 0.717) is 17.9 Å². The minimum absolute atomic E-state index is 0.0580. The average Bonchev–Trinajstić information content (AvgIpc) is 3.15. The molecule has 2 heterocycles. The quantitative estimate of drug-likeness (QED) is 0.322. The first kappa shape index (κ1) is 25.8. The van der Waals surface area contributed by atoms with Gasteiger partial charge in [-0.05, 0) is 56.0 Å². The fraction of sp³-hybridized carbons (Fsp3) is 0.481. The van der Waals surface area contributed by atoms with Gasteiger partial charge in [-0.25, -0.2) is 0 Å². The Hall–Kier alpha value is -3.30. The fourth-order valence-corrected chi connectivity index (χ4v) is 4.42. The Balaban J connectivity index is 1.27. The third kappa shape index (κ3) is 6.47. The third-order valence-corrected chi connectivity index (χ3v) is 6.54. The number of furan rings is 1. The van der Waals surface area contributed by atoms with Gasteiger partial charge in [0, 0.05) is 39.5 Å². The van der Waals surface area contributed by atoms with Gasteiger partial charge in [0.05, 0.1) is 37.1 Å². The number of aromatic hydroxyl groups is 1. The molecule has 1 amide bonds. The molecule has 0 atom stereocenters. The van der Waals surface area contributed by atoms with Crippen molar-refractivity contribution in [2.45, 2.75) is 38.6 Å². The van der Waals surface area contributed by atoms with Gasteiger partial charge in [-0.3, -0.25) is 9.59 Å². The number of phenols is 1. The number of unbranched alkanes of at least 4 members (excludes halogenated alkanes) is 1. The molecule has 0 bridgehead atoms. The van der Waals surface area contributed by atoms with Crippen LogP contribution in [0, 0.1) is 0 Å². The first-order valence-electron chi connectivity index (χ1n) is 12.6. The zero-order valence-electron chi connectivity index (χ0n) is 21.1. The smallest absolute Gasteiger partial charge is 0.257 e. The number of carbonyl (C=O) groups excluding carboxylic acids is 2. The normalized spacial score (nSPS) is 16.4. The van der Waals surface area contributed by atoms with Crippen LogP contribution in [0.25, 0.3) is 0 Å². The Morgan fingerprint density at radius 1 is 1.19 bits per heavy atom.